The molecule has 0 spiro atoms. The first kappa shape index (κ1) is 27.2. The van der Waals surface area contributed by atoms with Crippen LogP contribution < -0.4 is 15.4 Å². The minimum Gasteiger partial charge on any atom is -0.497 e. The molecular formula is C22H37IN6O2. The number of ether oxygens (including phenoxy) is 1. The largest absolute Gasteiger partial charge is 0.497 e. The summed E-state index contributed by atoms with van der Waals surface area (Å²) in [5.41, 5.74) is 1.10. The van der Waals surface area contributed by atoms with Gasteiger partial charge in [0.15, 0.2) is 11.8 Å². The number of nitrogens with zero attached hydrogens (tertiary/aromatic N) is 4. The molecule has 0 saturated heterocycles. The second-order valence-electron chi connectivity index (χ2n) is 7.98. The highest BCUT2D eigenvalue weighted by atomic mass is 127. The van der Waals surface area contributed by atoms with Crippen LogP contribution in [0.15, 0.2) is 29.3 Å². The molecule has 31 heavy (non-hydrogen) atoms. The molecule has 2 rings (SSSR count). The maximum atomic E-state index is 9.39. The van der Waals surface area contributed by atoms with Crippen LogP contribution in [-0.2, 0) is 20.1 Å². The molecule has 1 heterocycles. The van der Waals surface area contributed by atoms with Gasteiger partial charge in [0.2, 0.25) is 0 Å². The minimum absolute atomic E-state index is 0. The Morgan fingerprint density at radius 3 is 2.45 bits per heavy atom. The SMILES string of the molecule is COc1ccc(CN=C(NCc2nnc(C)n2C)NCC(CCO)CC(C)C)cc1.I. The van der Waals surface area contributed by atoms with E-state index in [9.17, 15) is 5.11 Å². The number of nitrogens with one attached hydrogen (secondary N) is 2. The Morgan fingerprint density at radius 1 is 1.19 bits per heavy atom. The quantitative estimate of drug-likeness (QED) is 0.229. The van der Waals surface area contributed by atoms with E-state index < -0.39 is 0 Å². The van der Waals surface area contributed by atoms with Crippen LogP contribution in [0.3, 0.4) is 0 Å². The van der Waals surface area contributed by atoms with Crippen LogP contribution in [0.4, 0.5) is 0 Å². The van der Waals surface area contributed by atoms with Gasteiger partial charge in [-0.15, -0.1) is 34.2 Å². The van der Waals surface area contributed by atoms with Crippen LogP contribution in [-0.4, -0.2) is 46.1 Å². The predicted octanol–water partition coefficient (Wildman–Crippen LogP) is 3.03. The molecule has 0 radical (unpaired) electrons. The molecule has 1 atom stereocenters. The van der Waals surface area contributed by atoms with Crippen molar-refractivity contribution < 1.29 is 9.84 Å². The van der Waals surface area contributed by atoms with E-state index in [1.54, 1.807) is 7.11 Å². The van der Waals surface area contributed by atoms with E-state index in [0.717, 1.165) is 48.3 Å². The number of aliphatic hydroxyl groups is 1. The van der Waals surface area contributed by atoms with Gasteiger partial charge in [0.1, 0.15) is 11.6 Å². The molecule has 1 aromatic carbocycles. The van der Waals surface area contributed by atoms with Gasteiger partial charge in [-0.25, -0.2) is 4.99 Å². The third-order valence-electron chi connectivity index (χ3n) is 5.08. The van der Waals surface area contributed by atoms with Crippen molar-refractivity contribution in [3.8, 4) is 5.75 Å². The van der Waals surface area contributed by atoms with Crippen LogP contribution in [0.5, 0.6) is 5.75 Å². The van der Waals surface area contributed by atoms with E-state index in [1.165, 1.54) is 0 Å². The lowest BCUT2D eigenvalue weighted by atomic mass is 9.94. The number of methoxy groups -OCH3 is 1. The molecule has 8 nitrogen and oxygen atoms in total. The third-order valence-corrected chi connectivity index (χ3v) is 5.08. The summed E-state index contributed by atoms with van der Waals surface area (Å²) in [5, 5.41) is 24.5. The molecule has 3 N–H and O–H groups in total. The van der Waals surface area contributed by atoms with E-state index in [1.807, 2.05) is 42.8 Å². The Kier molecular flexibility index (Phi) is 12.5. The first-order chi connectivity index (χ1) is 14.4. The standard InChI is InChI=1S/C22H36N6O2.HI/c1-16(2)12-19(10-11-29)14-24-22(25-15-21-27-26-17(3)28(21)4)23-13-18-6-8-20(30-5)9-7-18;/h6-9,16,19,29H,10-15H2,1-5H3,(H2,23,24,25);1H. The Labute approximate surface area is 202 Å². The second-order valence-corrected chi connectivity index (χ2v) is 7.98. The number of hydrogen-bond donors (Lipinski definition) is 3. The summed E-state index contributed by atoms with van der Waals surface area (Å²) in [6, 6.07) is 7.90. The Balaban J connectivity index is 0.00000480. The highest BCUT2D eigenvalue weighted by Gasteiger charge is 2.12. The van der Waals surface area contributed by atoms with Gasteiger partial charge >= 0.3 is 0 Å². The number of aliphatic imine (C=N–C) groups is 1. The van der Waals surface area contributed by atoms with Crippen LogP contribution in [0, 0.1) is 18.8 Å². The van der Waals surface area contributed by atoms with Crippen molar-refractivity contribution in [1.29, 1.82) is 0 Å². The fourth-order valence-electron chi connectivity index (χ4n) is 3.24. The van der Waals surface area contributed by atoms with Gasteiger partial charge in [0.25, 0.3) is 0 Å². The number of aryl methyl sites for hydroxylation is 1. The molecule has 0 aliphatic heterocycles. The van der Waals surface area contributed by atoms with Crippen molar-refractivity contribution in [2.45, 2.75) is 46.7 Å². The number of halogens is 1. The van der Waals surface area contributed by atoms with Gasteiger partial charge in [-0.2, -0.15) is 0 Å². The topological polar surface area (TPSA) is 96.6 Å². The number of rotatable bonds is 11. The summed E-state index contributed by atoms with van der Waals surface area (Å²) >= 11 is 0. The van der Waals surface area contributed by atoms with Crippen molar-refractivity contribution in [3.63, 3.8) is 0 Å². The first-order valence-electron chi connectivity index (χ1n) is 10.5. The molecule has 0 amide bonds. The Morgan fingerprint density at radius 2 is 1.90 bits per heavy atom. The zero-order chi connectivity index (χ0) is 21.9. The van der Waals surface area contributed by atoms with E-state index in [0.29, 0.717) is 24.9 Å². The average Bonchev–Trinajstić information content (AvgIpc) is 3.05. The van der Waals surface area contributed by atoms with Crippen LogP contribution in [0.25, 0.3) is 0 Å². The van der Waals surface area contributed by atoms with E-state index in [-0.39, 0.29) is 30.6 Å². The number of aliphatic hydroxyl groups excluding tert-OH is 1. The first-order valence-corrected chi connectivity index (χ1v) is 10.5. The molecule has 0 bridgehead atoms. The maximum absolute atomic E-state index is 9.39. The molecule has 9 heteroatoms. The van der Waals surface area contributed by atoms with Gasteiger partial charge in [-0.3, -0.25) is 0 Å². The van der Waals surface area contributed by atoms with Gasteiger partial charge in [-0.05, 0) is 49.3 Å². The summed E-state index contributed by atoms with van der Waals surface area (Å²) in [5.74, 6) is 4.24. The van der Waals surface area contributed by atoms with Crippen molar-refractivity contribution >= 4 is 29.9 Å². The molecule has 0 fully saturated rings. The predicted molar refractivity (Wildman–Crippen MR) is 135 cm³/mol. The molecule has 174 valence electrons. The van der Waals surface area contributed by atoms with Crippen LogP contribution >= 0.6 is 24.0 Å². The van der Waals surface area contributed by atoms with Crippen molar-refractivity contribution in [1.82, 2.24) is 25.4 Å². The van der Waals surface area contributed by atoms with Gasteiger partial charge < -0.3 is 25.0 Å². The fraction of sp³-hybridized carbons (Fsp3) is 0.591. The smallest absolute Gasteiger partial charge is 0.191 e. The van der Waals surface area contributed by atoms with E-state index in [2.05, 4.69) is 34.7 Å². The molecule has 0 aliphatic rings. The fourth-order valence-corrected chi connectivity index (χ4v) is 3.24. The summed E-state index contributed by atoms with van der Waals surface area (Å²) in [7, 11) is 3.61. The van der Waals surface area contributed by atoms with E-state index >= 15 is 0 Å². The summed E-state index contributed by atoms with van der Waals surface area (Å²) < 4.78 is 7.18. The maximum Gasteiger partial charge on any atom is 0.191 e. The lowest BCUT2D eigenvalue weighted by Crippen LogP contribution is -2.40. The zero-order valence-electron chi connectivity index (χ0n) is 19.3. The zero-order valence-corrected chi connectivity index (χ0v) is 21.6. The molecule has 2 aromatic rings. The monoisotopic (exact) mass is 544 g/mol. The number of hydrogen-bond acceptors (Lipinski definition) is 5. The van der Waals surface area contributed by atoms with Gasteiger partial charge in [-0.1, -0.05) is 26.0 Å². The molecule has 1 aromatic heterocycles. The average molecular weight is 544 g/mol. The molecule has 1 unspecified atom stereocenters. The highest BCUT2D eigenvalue weighted by Crippen LogP contribution is 2.14. The molecule has 0 saturated carbocycles. The van der Waals surface area contributed by atoms with Crippen LogP contribution in [0.2, 0.25) is 0 Å². The highest BCUT2D eigenvalue weighted by molar-refractivity contribution is 14.0. The summed E-state index contributed by atoms with van der Waals surface area (Å²) in [6.45, 7) is 8.37. The normalized spacial score (nSPS) is 12.4. The molecule has 0 aliphatic carbocycles. The summed E-state index contributed by atoms with van der Waals surface area (Å²) in [4.78, 5) is 4.75. The Bertz CT molecular complexity index is 792. The number of aromatic nitrogens is 3. The lowest BCUT2D eigenvalue weighted by Gasteiger charge is -2.20. The number of guanidine groups is 1. The number of benzene rings is 1. The minimum atomic E-state index is 0. The third kappa shape index (κ3) is 9.42. The van der Waals surface area contributed by atoms with Crippen molar-refractivity contribution in [2.75, 3.05) is 20.3 Å². The van der Waals surface area contributed by atoms with E-state index in [4.69, 9.17) is 9.73 Å². The second kappa shape index (κ2) is 14.2. The van der Waals surface area contributed by atoms with Crippen molar-refractivity contribution in [3.05, 3.63) is 41.5 Å². The van der Waals surface area contributed by atoms with Crippen LogP contribution in [0.1, 0.15) is 43.9 Å². The lowest BCUT2D eigenvalue weighted by molar-refractivity contribution is 0.243. The van der Waals surface area contributed by atoms with Crippen molar-refractivity contribution in [2.24, 2.45) is 23.9 Å². The van der Waals surface area contributed by atoms with Gasteiger partial charge in [0, 0.05) is 20.2 Å². The summed E-state index contributed by atoms with van der Waals surface area (Å²) in [6.07, 6.45) is 1.83. The van der Waals surface area contributed by atoms with Gasteiger partial charge in [0.05, 0.1) is 20.2 Å². The Hall–Kier alpha value is -1.88. The molecular weight excluding hydrogens is 507 g/mol.